The maximum absolute atomic E-state index is 12.4. The van der Waals surface area contributed by atoms with Gasteiger partial charge in [0.25, 0.3) is 5.91 Å². The smallest absolute Gasteiger partial charge is 0.254 e. The summed E-state index contributed by atoms with van der Waals surface area (Å²) in [5, 5.41) is 6.77. The van der Waals surface area contributed by atoms with E-state index in [2.05, 4.69) is 15.8 Å². The molecule has 0 bridgehead atoms. The topological polar surface area (TPSA) is 62.7 Å². The van der Waals surface area contributed by atoms with E-state index >= 15 is 0 Å². The summed E-state index contributed by atoms with van der Waals surface area (Å²) >= 11 is 18.0. The van der Waals surface area contributed by atoms with E-state index in [4.69, 9.17) is 39.5 Å². The lowest BCUT2D eigenvalue weighted by molar-refractivity contribution is 0.0833. The Labute approximate surface area is 189 Å². The summed E-state index contributed by atoms with van der Waals surface area (Å²) < 4.78 is 3.84. The van der Waals surface area contributed by atoms with Crippen molar-refractivity contribution in [1.29, 1.82) is 0 Å². The van der Waals surface area contributed by atoms with Crippen LogP contribution < -0.4 is 15.5 Å². The number of halogens is 3. The van der Waals surface area contributed by atoms with Gasteiger partial charge in [-0.3, -0.25) is 10.2 Å². The van der Waals surface area contributed by atoms with Crippen molar-refractivity contribution in [3.05, 3.63) is 96.1 Å². The molecule has 0 aliphatic rings. The summed E-state index contributed by atoms with van der Waals surface area (Å²) in [6.45, 7) is 0. The molecule has 154 valence electrons. The molecule has 0 heterocycles. The highest BCUT2D eigenvalue weighted by Gasteiger charge is 2.36. The highest BCUT2D eigenvalue weighted by molar-refractivity contribution is 6.68. The number of para-hydroxylation sites is 1. The fraction of sp³-hybridized carbons (Fsp3) is 0.0909. The minimum Gasteiger partial charge on any atom is -0.466 e. The summed E-state index contributed by atoms with van der Waals surface area (Å²) in [6, 6.07) is 25.2. The van der Waals surface area contributed by atoms with E-state index in [1.807, 2.05) is 30.3 Å². The SMILES string of the molecule is O=C(N[C@@H](Oc1ccc(C=NNc2ccccc2)cc1)C(Cl)(Cl)Cl)c1ccccc1. The van der Waals surface area contributed by atoms with Gasteiger partial charge in [-0.2, -0.15) is 5.10 Å². The number of hydrazone groups is 1. The van der Waals surface area contributed by atoms with E-state index in [1.165, 1.54) is 0 Å². The quantitative estimate of drug-likeness (QED) is 0.207. The molecule has 3 rings (SSSR count). The molecule has 8 heteroatoms. The third-order valence-electron chi connectivity index (χ3n) is 3.91. The number of benzene rings is 3. The maximum Gasteiger partial charge on any atom is 0.254 e. The zero-order chi connectivity index (χ0) is 21.4. The first-order chi connectivity index (χ1) is 14.4. The number of amides is 1. The van der Waals surface area contributed by atoms with Crippen LogP contribution in [0.3, 0.4) is 0 Å². The summed E-state index contributed by atoms with van der Waals surface area (Å²) in [6.07, 6.45) is 0.481. The van der Waals surface area contributed by atoms with Crippen LogP contribution in [0.25, 0.3) is 0 Å². The molecule has 0 saturated heterocycles. The van der Waals surface area contributed by atoms with Gasteiger partial charge in [0, 0.05) is 5.56 Å². The van der Waals surface area contributed by atoms with Gasteiger partial charge in [-0.25, -0.2) is 0 Å². The fourth-order valence-electron chi connectivity index (χ4n) is 2.43. The lowest BCUT2D eigenvalue weighted by Gasteiger charge is -2.26. The molecule has 30 heavy (non-hydrogen) atoms. The number of ether oxygens (including phenoxy) is 1. The highest BCUT2D eigenvalue weighted by atomic mass is 35.6. The van der Waals surface area contributed by atoms with Crippen molar-refractivity contribution < 1.29 is 9.53 Å². The minimum absolute atomic E-state index is 0.414. The zero-order valence-corrected chi connectivity index (χ0v) is 17.9. The second-order valence-corrected chi connectivity index (χ2v) is 8.55. The van der Waals surface area contributed by atoms with Gasteiger partial charge in [-0.1, -0.05) is 71.2 Å². The number of anilines is 1. The van der Waals surface area contributed by atoms with Crippen molar-refractivity contribution in [2.75, 3.05) is 5.43 Å². The number of nitrogens with zero attached hydrogens (tertiary/aromatic N) is 1. The molecule has 3 aromatic carbocycles. The average molecular weight is 463 g/mol. The summed E-state index contributed by atoms with van der Waals surface area (Å²) in [5.74, 6) is 0.00974. The first kappa shape index (κ1) is 22.0. The molecule has 1 amide bonds. The number of carbonyl (C=O) groups is 1. The molecule has 2 N–H and O–H groups in total. The van der Waals surface area contributed by atoms with Crippen molar-refractivity contribution in [3.63, 3.8) is 0 Å². The summed E-state index contributed by atoms with van der Waals surface area (Å²) in [4.78, 5) is 12.4. The standard InChI is InChI=1S/C22H18Cl3N3O2/c23-22(24,25)21(27-20(29)17-7-3-1-4-8-17)30-19-13-11-16(12-14-19)15-26-28-18-9-5-2-6-10-18/h1-15,21,28H,(H,27,29)/t21-/m0/s1. The van der Waals surface area contributed by atoms with Crippen molar-refractivity contribution in [2.45, 2.75) is 10.0 Å². The predicted octanol–water partition coefficient (Wildman–Crippen LogP) is 5.64. The van der Waals surface area contributed by atoms with Gasteiger partial charge in [0.15, 0.2) is 0 Å². The van der Waals surface area contributed by atoms with E-state index in [0.717, 1.165) is 11.3 Å². The van der Waals surface area contributed by atoms with Crippen LogP contribution in [-0.2, 0) is 0 Å². The van der Waals surface area contributed by atoms with Gasteiger partial charge in [0.1, 0.15) is 5.75 Å². The number of rotatable bonds is 7. The molecule has 0 fully saturated rings. The van der Waals surface area contributed by atoms with Crippen molar-refractivity contribution in [2.24, 2.45) is 5.10 Å². The largest absolute Gasteiger partial charge is 0.466 e. The van der Waals surface area contributed by atoms with Gasteiger partial charge in [-0.15, -0.1) is 0 Å². The van der Waals surface area contributed by atoms with Crippen molar-refractivity contribution in [3.8, 4) is 5.75 Å². The van der Waals surface area contributed by atoms with Gasteiger partial charge in [0.2, 0.25) is 10.0 Å². The molecule has 0 spiro atoms. The number of hydrogen-bond donors (Lipinski definition) is 2. The lowest BCUT2D eigenvalue weighted by Crippen LogP contribution is -2.47. The zero-order valence-electron chi connectivity index (χ0n) is 15.6. The molecule has 3 aromatic rings. The third-order valence-corrected chi connectivity index (χ3v) is 4.51. The van der Waals surface area contributed by atoms with Crippen LogP contribution in [0.2, 0.25) is 0 Å². The molecule has 0 radical (unpaired) electrons. The van der Waals surface area contributed by atoms with Crippen molar-refractivity contribution >= 4 is 52.6 Å². The third kappa shape index (κ3) is 6.66. The molecule has 0 aliphatic heterocycles. The van der Waals surface area contributed by atoms with E-state index < -0.39 is 15.9 Å². The normalized spacial score (nSPS) is 12.4. The van der Waals surface area contributed by atoms with Crippen molar-refractivity contribution in [1.82, 2.24) is 5.32 Å². The molecule has 1 atom stereocenters. The Balaban J connectivity index is 1.63. The highest BCUT2D eigenvalue weighted by Crippen LogP contribution is 2.32. The van der Waals surface area contributed by atoms with Gasteiger partial charge < -0.3 is 10.1 Å². The van der Waals surface area contributed by atoms with Crippen LogP contribution >= 0.6 is 34.8 Å². The van der Waals surface area contributed by atoms with Crippen LogP contribution in [0, 0.1) is 0 Å². The van der Waals surface area contributed by atoms with Gasteiger partial charge >= 0.3 is 0 Å². The molecular weight excluding hydrogens is 445 g/mol. The number of carbonyl (C=O) groups excluding carboxylic acids is 1. The Kier molecular flexibility index (Phi) is 7.57. The van der Waals surface area contributed by atoms with E-state index in [0.29, 0.717) is 11.3 Å². The van der Waals surface area contributed by atoms with Gasteiger partial charge in [0.05, 0.1) is 11.9 Å². The lowest BCUT2D eigenvalue weighted by atomic mass is 10.2. The van der Waals surface area contributed by atoms with Crippen LogP contribution in [0.15, 0.2) is 90.0 Å². The maximum atomic E-state index is 12.4. The molecule has 0 saturated carbocycles. The molecule has 5 nitrogen and oxygen atoms in total. The first-order valence-electron chi connectivity index (χ1n) is 8.95. The summed E-state index contributed by atoms with van der Waals surface area (Å²) in [7, 11) is 0. The Hall–Kier alpha value is -2.73. The Morgan fingerprint density at radius 3 is 2.10 bits per heavy atom. The average Bonchev–Trinajstić information content (AvgIpc) is 2.75. The molecular formula is C22H18Cl3N3O2. The Morgan fingerprint density at radius 1 is 0.900 bits per heavy atom. The van der Waals surface area contributed by atoms with Crippen LogP contribution in [0.4, 0.5) is 5.69 Å². The predicted molar refractivity (Wildman–Crippen MR) is 123 cm³/mol. The van der Waals surface area contributed by atoms with Crippen LogP contribution in [-0.4, -0.2) is 22.1 Å². The van der Waals surface area contributed by atoms with E-state index in [1.54, 1.807) is 60.8 Å². The Morgan fingerprint density at radius 2 is 1.50 bits per heavy atom. The second kappa shape index (κ2) is 10.3. The van der Waals surface area contributed by atoms with Gasteiger partial charge in [-0.05, 0) is 54.1 Å². The molecule has 0 unspecified atom stereocenters. The number of nitrogens with one attached hydrogen (secondary N) is 2. The summed E-state index contributed by atoms with van der Waals surface area (Å²) in [5.41, 5.74) is 5.08. The molecule has 0 aromatic heterocycles. The van der Waals surface area contributed by atoms with E-state index in [-0.39, 0.29) is 0 Å². The monoisotopic (exact) mass is 461 g/mol. The number of hydrogen-bond acceptors (Lipinski definition) is 4. The Bertz CT molecular complexity index is 976. The second-order valence-electron chi connectivity index (χ2n) is 6.18. The molecule has 0 aliphatic carbocycles. The minimum atomic E-state index is -1.87. The number of alkyl halides is 3. The van der Waals surface area contributed by atoms with E-state index in [9.17, 15) is 4.79 Å². The first-order valence-corrected chi connectivity index (χ1v) is 10.1. The van der Waals surface area contributed by atoms with Crippen LogP contribution in [0.1, 0.15) is 15.9 Å². The fourth-order valence-corrected chi connectivity index (χ4v) is 2.73. The van der Waals surface area contributed by atoms with Crippen LogP contribution in [0.5, 0.6) is 5.75 Å².